The molecule has 0 aliphatic carbocycles. The number of hydrogen-bond donors (Lipinski definition) is 1. The van der Waals surface area contributed by atoms with Crippen molar-refractivity contribution in [1.82, 2.24) is 4.72 Å². The van der Waals surface area contributed by atoms with Crippen molar-refractivity contribution in [3.05, 3.63) is 45.9 Å². The molecule has 9 heteroatoms. The van der Waals surface area contributed by atoms with Crippen LogP contribution in [-0.4, -0.2) is 41.6 Å². The van der Waals surface area contributed by atoms with Gasteiger partial charge >= 0.3 is 0 Å². The van der Waals surface area contributed by atoms with E-state index in [-0.39, 0.29) is 17.3 Å². The lowest BCUT2D eigenvalue weighted by molar-refractivity contribution is -0.118. The molecule has 0 saturated carbocycles. The van der Waals surface area contributed by atoms with Crippen molar-refractivity contribution < 1.29 is 22.7 Å². The van der Waals surface area contributed by atoms with Crippen LogP contribution in [0.4, 0.5) is 5.69 Å². The molecule has 7 nitrogen and oxygen atoms in total. The van der Waals surface area contributed by atoms with Gasteiger partial charge in [-0.25, -0.2) is 13.1 Å². The van der Waals surface area contributed by atoms with Gasteiger partial charge in [-0.05, 0) is 64.2 Å². The summed E-state index contributed by atoms with van der Waals surface area (Å²) in [6.45, 7) is 2.59. The van der Waals surface area contributed by atoms with Gasteiger partial charge in [-0.2, -0.15) is 0 Å². The number of nitrogens with one attached hydrogen (secondary N) is 1. The van der Waals surface area contributed by atoms with E-state index in [1.54, 1.807) is 44.2 Å². The molecule has 1 aliphatic rings. The number of halogens is 1. The van der Waals surface area contributed by atoms with E-state index in [1.165, 1.54) is 0 Å². The maximum atomic E-state index is 12.9. The summed E-state index contributed by atoms with van der Waals surface area (Å²) < 4.78 is 39.5. The zero-order valence-corrected chi connectivity index (χ0v) is 19.6. The average Bonchev–Trinajstić information content (AvgIpc) is 3.14. The van der Waals surface area contributed by atoms with Gasteiger partial charge in [0.25, 0.3) is 0 Å². The number of fused-ring (bicyclic) bond motifs is 1. The summed E-state index contributed by atoms with van der Waals surface area (Å²) in [4.78, 5) is 14.0. The number of sulfonamides is 1. The fourth-order valence-corrected chi connectivity index (χ4v) is 5.63. The van der Waals surface area contributed by atoms with Crippen LogP contribution in [0.3, 0.4) is 0 Å². The Labute approximate surface area is 185 Å². The van der Waals surface area contributed by atoms with E-state index in [2.05, 4.69) is 20.7 Å². The third-order valence-electron chi connectivity index (χ3n) is 5.08. The number of benzene rings is 2. The van der Waals surface area contributed by atoms with E-state index in [1.807, 2.05) is 12.1 Å². The summed E-state index contributed by atoms with van der Waals surface area (Å²) in [7, 11) is -0.635. The minimum atomic E-state index is -3.76. The molecule has 0 fully saturated rings. The number of anilines is 1. The molecule has 1 N–H and O–H groups in total. The highest BCUT2D eigenvalue weighted by atomic mass is 79.9. The summed E-state index contributed by atoms with van der Waals surface area (Å²) >= 11 is 3.38. The molecular formula is C21H25BrN2O5S. The molecule has 0 saturated heterocycles. The first-order chi connectivity index (χ1) is 14.3. The molecule has 2 aromatic rings. The van der Waals surface area contributed by atoms with Crippen LogP contribution in [-0.2, 0) is 27.7 Å². The lowest BCUT2D eigenvalue weighted by Crippen LogP contribution is -2.29. The lowest BCUT2D eigenvalue weighted by Gasteiger charge is -2.18. The van der Waals surface area contributed by atoms with Gasteiger partial charge in [-0.15, -0.1) is 0 Å². The first kappa shape index (κ1) is 22.6. The maximum absolute atomic E-state index is 12.9. The number of hydrogen-bond acceptors (Lipinski definition) is 5. The summed E-state index contributed by atoms with van der Waals surface area (Å²) in [6.07, 6.45) is 1.58. The van der Waals surface area contributed by atoms with E-state index in [0.29, 0.717) is 47.5 Å². The number of carbonyl (C=O) groups is 1. The summed E-state index contributed by atoms with van der Waals surface area (Å²) in [6, 6.07) is 8.86. The van der Waals surface area contributed by atoms with Gasteiger partial charge in [0.1, 0.15) is 0 Å². The Morgan fingerprint density at radius 2 is 1.90 bits per heavy atom. The molecule has 30 heavy (non-hydrogen) atoms. The Hall–Kier alpha value is -2.10. The van der Waals surface area contributed by atoms with E-state index >= 15 is 0 Å². The Balaban J connectivity index is 1.76. The number of amides is 1. The molecule has 1 amide bonds. The molecule has 2 aromatic carbocycles. The fourth-order valence-electron chi connectivity index (χ4n) is 3.49. The number of methoxy groups -OCH3 is 2. The predicted octanol–water partition coefficient (Wildman–Crippen LogP) is 3.29. The number of rotatable bonds is 8. The summed E-state index contributed by atoms with van der Waals surface area (Å²) in [5.41, 5.74) is 2.56. The van der Waals surface area contributed by atoms with Gasteiger partial charge < -0.3 is 14.4 Å². The van der Waals surface area contributed by atoms with Gasteiger partial charge in [0.05, 0.1) is 19.1 Å². The topological polar surface area (TPSA) is 84.9 Å². The van der Waals surface area contributed by atoms with Crippen molar-refractivity contribution in [2.24, 2.45) is 0 Å². The molecule has 3 rings (SSSR count). The fraction of sp³-hybridized carbons (Fsp3) is 0.381. The van der Waals surface area contributed by atoms with Gasteiger partial charge in [0, 0.05) is 29.7 Å². The normalized spacial score (nSPS) is 13.3. The number of nitrogens with zero attached hydrogens (tertiary/aromatic N) is 1. The molecule has 0 bridgehead atoms. The van der Waals surface area contributed by atoms with Crippen LogP contribution in [0.5, 0.6) is 11.5 Å². The zero-order chi connectivity index (χ0) is 21.9. The van der Waals surface area contributed by atoms with Crippen LogP contribution in [0, 0.1) is 0 Å². The predicted molar refractivity (Wildman–Crippen MR) is 119 cm³/mol. The molecule has 162 valence electrons. The molecule has 0 atom stereocenters. The Morgan fingerprint density at radius 1 is 1.17 bits per heavy atom. The number of ether oxygens (including phenoxy) is 2. The molecule has 1 heterocycles. The van der Waals surface area contributed by atoms with E-state index in [0.717, 1.165) is 11.1 Å². The molecule has 0 aromatic heterocycles. The third kappa shape index (κ3) is 4.63. The Kier molecular flexibility index (Phi) is 7.05. The molecule has 0 radical (unpaired) electrons. The van der Waals surface area contributed by atoms with Crippen LogP contribution in [0.25, 0.3) is 0 Å². The smallest absolute Gasteiger partial charge is 0.241 e. The highest BCUT2D eigenvalue weighted by Crippen LogP contribution is 2.35. The second-order valence-corrected chi connectivity index (χ2v) is 9.49. The van der Waals surface area contributed by atoms with Gasteiger partial charge in [-0.1, -0.05) is 13.0 Å². The summed E-state index contributed by atoms with van der Waals surface area (Å²) in [5, 5.41) is 0. The van der Waals surface area contributed by atoms with Gasteiger partial charge in [0.2, 0.25) is 15.9 Å². The second kappa shape index (κ2) is 9.36. The van der Waals surface area contributed by atoms with Crippen LogP contribution >= 0.6 is 15.9 Å². The molecule has 0 unspecified atom stereocenters. The summed E-state index contributed by atoms with van der Waals surface area (Å²) in [5.74, 6) is 1.20. The van der Waals surface area contributed by atoms with Crippen molar-refractivity contribution in [1.29, 1.82) is 0 Å². The largest absolute Gasteiger partial charge is 0.493 e. The van der Waals surface area contributed by atoms with E-state index < -0.39 is 10.0 Å². The van der Waals surface area contributed by atoms with Crippen LogP contribution < -0.4 is 19.1 Å². The minimum Gasteiger partial charge on any atom is -0.493 e. The van der Waals surface area contributed by atoms with E-state index in [4.69, 9.17) is 9.47 Å². The molecule has 1 aliphatic heterocycles. The first-order valence-electron chi connectivity index (χ1n) is 9.64. The minimum absolute atomic E-state index is 0.0131. The Morgan fingerprint density at radius 3 is 2.57 bits per heavy atom. The SMILES string of the molecule is CCC(=O)N1CCc2cc(Br)c(S(=O)(=O)NCCc3ccc(OC)c(OC)c3)cc21. The van der Waals surface area contributed by atoms with Crippen LogP contribution in [0.1, 0.15) is 24.5 Å². The Bertz CT molecular complexity index is 1060. The number of carbonyl (C=O) groups excluding carboxylic acids is 1. The van der Waals surface area contributed by atoms with Gasteiger partial charge in [0.15, 0.2) is 11.5 Å². The average molecular weight is 497 g/mol. The van der Waals surface area contributed by atoms with Crippen molar-refractivity contribution in [3.8, 4) is 11.5 Å². The van der Waals surface area contributed by atoms with Crippen molar-refractivity contribution >= 4 is 37.5 Å². The quantitative estimate of drug-likeness (QED) is 0.605. The zero-order valence-electron chi connectivity index (χ0n) is 17.2. The highest BCUT2D eigenvalue weighted by molar-refractivity contribution is 9.10. The second-order valence-electron chi connectivity index (χ2n) is 6.90. The molecular weight excluding hydrogens is 472 g/mol. The van der Waals surface area contributed by atoms with Crippen molar-refractivity contribution in [3.63, 3.8) is 0 Å². The monoisotopic (exact) mass is 496 g/mol. The van der Waals surface area contributed by atoms with E-state index in [9.17, 15) is 13.2 Å². The highest BCUT2D eigenvalue weighted by Gasteiger charge is 2.28. The lowest BCUT2D eigenvalue weighted by atomic mass is 10.1. The maximum Gasteiger partial charge on any atom is 0.241 e. The molecule has 0 spiro atoms. The van der Waals surface area contributed by atoms with Crippen LogP contribution in [0.2, 0.25) is 0 Å². The van der Waals surface area contributed by atoms with Crippen molar-refractivity contribution in [2.45, 2.75) is 31.1 Å². The van der Waals surface area contributed by atoms with Crippen molar-refractivity contribution in [2.75, 3.05) is 32.2 Å². The third-order valence-corrected chi connectivity index (χ3v) is 7.49. The first-order valence-corrected chi connectivity index (χ1v) is 11.9. The van der Waals surface area contributed by atoms with Gasteiger partial charge in [-0.3, -0.25) is 4.79 Å². The van der Waals surface area contributed by atoms with Crippen LogP contribution in [0.15, 0.2) is 39.7 Å². The standard InChI is InChI=1S/C21H25BrN2O5S/c1-4-21(25)24-10-8-15-12-16(22)20(13-17(15)24)30(26,27)23-9-7-14-5-6-18(28-2)19(11-14)29-3/h5-6,11-13,23H,4,7-10H2,1-3H3.